The number of rotatable bonds is 6. The molecule has 0 radical (unpaired) electrons. The topological polar surface area (TPSA) is 107 Å². The lowest BCUT2D eigenvalue weighted by Gasteiger charge is -2.28. The Morgan fingerprint density at radius 1 is 1.00 bits per heavy atom. The normalized spacial score (nSPS) is 21.6. The van der Waals surface area contributed by atoms with Crippen LogP contribution in [-0.2, 0) is 4.74 Å². The van der Waals surface area contributed by atoms with Crippen LogP contribution in [-0.4, -0.2) is 63.4 Å². The van der Waals surface area contributed by atoms with Gasteiger partial charge in [-0.3, -0.25) is 4.57 Å². The lowest BCUT2D eigenvalue weighted by molar-refractivity contribution is 0.122. The van der Waals surface area contributed by atoms with E-state index in [0.717, 1.165) is 25.7 Å². The molecule has 9 nitrogen and oxygen atoms in total. The first-order chi connectivity index (χ1) is 16.1. The minimum absolute atomic E-state index is 0.128. The summed E-state index contributed by atoms with van der Waals surface area (Å²) in [6.07, 6.45) is 1.33. The van der Waals surface area contributed by atoms with Gasteiger partial charge in [0.25, 0.3) is 6.43 Å². The fourth-order valence-corrected chi connectivity index (χ4v) is 4.47. The van der Waals surface area contributed by atoms with Crippen LogP contribution in [0, 0.1) is 5.92 Å². The molecule has 1 saturated carbocycles. The molecule has 1 aliphatic heterocycles. The molecule has 2 fully saturated rings. The molecule has 0 atom stereocenters. The van der Waals surface area contributed by atoms with Crippen LogP contribution in [0.4, 0.5) is 20.7 Å². The molecular weight excluding hydrogens is 430 g/mol. The van der Waals surface area contributed by atoms with Gasteiger partial charge in [0.1, 0.15) is 0 Å². The number of nitrogens with zero attached hydrogens (tertiary/aromatic N) is 6. The number of ether oxygens (including phenoxy) is 1. The van der Waals surface area contributed by atoms with E-state index in [1.54, 1.807) is 24.3 Å². The molecule has 0 bridgehead atoms. The molecule has 1 aliphatic carbocycles. The Hall–Kier alpha value is -2.92. The maximum atomic E-state index is 13.9. The van der Waals surface area contributed by atoms with E-state index < -0.39 is 6.43 Å². The molecule has 1 aromatic carbocycles. The first-order valence-electron chi connectivity index (χ1n) is 11.4. The van der Waals surface area contributed by atoms with E-state index in [2.05, 4.69) is 25.3 Å². The molecule has 0 unspecified atom stereocenters. The number of imidazole rings is 1. The van der Waals surface area contributed by atoms with E-state index in [1.807, 2.05) is 4.90 Å². The maximum Gasteiger partial charge on any atom is 0.296 e. The number of halogens is 2. The van der Waals surface area contributed by atoms with Gasteiger partial charge in [-0.2, -0.15) is 15.0 Å². The summed E-state index contributed by atoms with van der Waals surface area (Å²) < 4.78 is 34.6. The molecule has 176 valence electrons. The van der Waals surface area contributed by atoms with Gasteiger partial charge in [-0.25, -0.2) is 13.8 Å². The Balaban J connectivity index is 1.52. The molecule has 0 amide bonds. The van der Waals surface area contributed by atoms with Crippen molar-refractivity contribution in [2.45, 2.75) is 38.2 Å². The summed E-state index contributed by atoms with van der Waals surface area (Å²) in [5.74, 6) is 1.03. The summed E-state index contributed by atoms with van der Waals surface area (Å²) in [7, 11) is 0. The third kappa shape index (κ3) is 4.74. The molecule has 5 rings (SSSR count). The third-order valence-electron chi connectivity index (χ3n) is 6.33. The number of aromatic nitrogens is 5. The van der Waals surface area contributed by atoms with E-state index in [4.69, 9.17) is 10.5 Å². The molecule has 3 heterocycles. The SMILES string of the molecule is N[C@H]1CC[C@H](CNc2nc(N3CCOCC3)nc(-n3c(C(F)F)nc4ccccc43)n2)CC1. The minimum atomic E-state index is -2.77. The summed E-state index contributed by atoms with van der Waals surface area (Å²) >= 11 is 0. The second-order valence-corrected chi connectivity index (χ2v) is 8.61. The predicted octanol–water partition coefficient (Wildman–Crippen LogP) is 2.91. The number of hydrogen-bond donors (Lipinski definition) is 2. The highest BCUT2D eigenvalue weighted by atomic mass is 19.3. The van der Waals surface area contributed by atoms with Crippen LogP contribution in [0.1, 0.15) is 37.9 Å². The van der Waals surface area contributed by atoms with Gasteiger partial charge >= 0.3 is 0 Å². The molecule has 1 saturated heterocycles. The largest absolute Gasteiger partial charge is 0.378 e. The van der Waals surface area contributed by atoms with Crippen molar-refractivity contribution in [1.29, 1.82) is 0 Å². The van der Waals surface area contributed by atoms with Crippen molar-refractivity contribution in [3.8, 4) is 5.95 Å². The number of nitrogens with two attached hydrogens (primary N) is 1. The smallest absolute Gasteiger partial charge is 0.296 e. The van der Waals surface area contributed by atoms with E-state index in [1.165, 1.54) is 4.57 Å². The van der Waals surface area contributed by atoms with Crippen LogP contribution in [0.15, 0.2) is 24.3 Å². The lowest BCUT2D eigenvalue weighted by atomic mass is 9.86. The highest BCUT2D eigenvalue weighted by molar-refractivity contribution is 5.77. The van der Waals surface area contributed by atoms with Gasteiger partial charge in [-0.05, 0) is 43.7 Å². The van der Waals surface area contributed by atoms with Crippen molar-refractivity contribution < 1.29 is 13.5 Å². The Morgan fingerprint density at radius 2 is 1.73 bits per heavy atom. The summed E-state index contributed by atoms with van der Waals surface area (Å²) in [5.41, 5.74) is 7.02. The van der Waals surface area contributed by atoms with Crippen molar-refractivity contribution in [2.24, 2.45) is 11.7 Å². The summed E-state index contributed by atoms with van der Waals surface area (Å²) in [4.78, 5) is 19.8. The number of benzene rings is 1. The number of fused-ring (bicyclic) bond motifs is 1. The highest BCUT2D eigenvalue weighted by Gasteiger charge is 2.25. The second kappa shape index (κ2) is 9.52. The van der Waals surface area contributed by atoms with Gasteiger partial charge in [0.15, 0.2) is 5.82 Å². The number of alkyl halides is 2. The van der Waals surface area contributed by atoms with Crippen molar-refractivity contribution in [3.63, 3.8) is 0 Å². The molecule has 2 aromatic heterocycles. The first kappa shape index (κ1) is 21.9. The van der Waals surface area contributed by atoms with Gasteiger partial charge in [-0.15, -0.1) is 0 Å². The van der Waals surface area contributed by atoms with E-state index in [0.29, 0.717) is 61.7 Å². The van der Waals surface area contributed by atoms with E-state index in [9.17, 15) is 8.78 Å². The molecule has 33 heavy (non-hydrogen) atoms. The van der Waals surface area contributed by atoms with Crippen LogP contribution >= 0.6 is 0 Å². The summed E-state index contributed by atoms with van der Waals surface area (Å²) in [6, 6.07) is 7.27. The zero-order valence-electron chi connectivity index (χ0n) is 18.3. The van der Waals surface area contributed by atoms with E-state index in [-0.39, 0.29) is 17.8 Å². The number of morpholine rings is 1. The van der Waals surface area contributed by atoms with Crippen molar-refractivity contribution in [3.05, 3.63) is 30.1 Å². The summed E-state index contributed by atoms with van der Waals surface area (Å²) in [6.45, 7) is 3.06. The zero-order chi connectivity index (χ0) is 22.8. The maximum absolute atomic E-state index is 13.9. The quantitative estimate of drug-likeness (QED) is 0.581. The van der Waals surface area contributed by atoms with Gasteiger partial charge < -0.3 is 20.7 Å². The third-order valence-corrected chi connectivity index (χ3v) is 6.33. The monoisotopic (exact) mass is 458 g/mol. The Bertz CT molecular complexity index is 1090. The average Bonchev–Trinajstić information content (AvgIpc) is 3.24. The van der Waals surface area contributed by atoms with Crippen molar-refractivity contribution in [2.75, 3.05) is 43.1 Å². The number of nitrogens with one attached hydrogen (secondary N) is 1. The Morgan fingerprint density at radius 3 is 2.48 bits per heavy atom. The molecule has 0 spiro atoms. The van der Waals surface area contributed by atoms with Crippen molar-refractivity contribution >= 4 is 22.9 Å². The highest BCUT2D eigenvalue weighted by Crippen LogP contribution is 2.28. The van der Waals surface area contributed by atoms with Crippen LogP contribution in [0.5, 0.6) is 0 Å². The lowest BCUT2D eigenvalue weighted by Crippen LogP contribution is -2.38. The fourth-order valence-electron chi connectivity index (χ4n) is 4.47. The van der Waals surface area contributed by atoms with Crippen LogP contribution in [0.3, 0.4) is 0 Å². The number of para-hydroxylation sites is 2. The van der Waals surface area contributed by atoms with Gasteiger partial charge in [0.05, 0.1) is 24.2 Å². The fraction of sp³-hybridized carbons (Fsp3) is 0.545. The van der Waals surface area contributed by atoms with Crippen molar-refractivity contribution in [1.82, 2.24) is 24.5 Å². The van der Waals surface area contributed by atoms with Gasteiger partial charge in [-0.1, -0.05) is 12.1 Å². The number of hydrogen-bond acceptors (Lipinski definition) is 8. The minimum Gasteiger partial charge on any atom is -0.378 e. The Labute approximate surface area is 190 Å². The molecule has 3 N–H and O–H groups in total. The molecular formula is C22H28F2N8O. The molecule has 2 aliphatic rings. The number of anilines is 2. The molecule has 3 aromatic rings. The van der Waals surface area contributed by atoms with Gasteiger partial charge in [0, 0.05) is 25.7 Å². The van der Waals surface area contributed by atoms with Gasteiger partial charge in [0.2, 0.25) is 17.8 Å². The molecule has 11 heteroatoms. The standard InChI is InChI=1S/C22H28F2N8O/c23-18(24)19-27-16-3-1-2-4-17(16)32(19)22-29-20(26-13-14-5-7-15(25)8-6-14)28-21(30-22)31-9-11-33-12-10-31/h1-4,14-15,18H,5-13,25H2,(H,26,28,29,30)/t14-,15-. The predicted molar refractivity (Wildman–Crippen MR) is 121 cm³/mol. The van der Waals surface area contributed by atoms with E-state index >= 15 is 0 Å². The zero-order valence-corrected chi connectivity index (χ0v) is 18.3. The summed E-state index contributed by atoms with van der Waals surface area (Å²) in [5, 5.41) is 3.33. The first-order valence-corrected chi connectivity index (χ1v) is 11.4. The van der Waals surface area contributed by atoms with Crippen LogP contribution < -0.4 is 16.0 Å². The van der Waals surface area contributed by atoms with Crippen LogP contribution in [0.2, 0.25) is 0 Å². The second-order valence-electron chi connectivity index (χ2n) is 8.61. The van der Waals surface area contributed by atoms with Crippen LogP contribution in [0.25, 0.3) is 17.0 Å². The average molecular weight is 459 g/mol. The Kier molecular flexibility index (Phi) is 6.32.